The normalized spacial score (nSPS) is 9.95. The average molecular weight is 979 g/mol. The van der Waals surface area contributed by atoms with E-state index in [9.17, 15) is 68.7 Å². The number of carboxylic acids is 5. The number of carbonyl (C=O) groups excluding carboxylic acids is 9. The van der Waals surface area contributed by atoms with Gasteiger partial charge >= 0.3 is 193 Å². The second kappa shape index (κ2) is 71.2. The molecule has 20 nitrogen and oxygen atoms in total. The van der Waals surface area contributed by atoms with E-state index in [4.69, 9.17) is 0 Å². The fourth-order valence-corrected chi connectivity index (χ4v) is 2.18. The number of rotatable bonds is 17. The molecule has 0 aliphatic rings. The van der Waals surface area contributed by atoms with Crippen LogP contribution in [0.1, 0.15) is 62.3 Å². The van der Waals surface area contributed by atoms with Crippen molar-refractivity contribution in [3.05, 3.63) is 122 Å². The van der Waals surface area contributed by atoms with Crippen LogP contribution in [-0.4, -0.2) is 77.3 Å². The number of hydrogen-bond donors (Lipinski definition) is 0. The molecule has 0 radical (unpaired) electrons. The molecule has 0 spiro atoms. The molecule has 0 aromatic rings. The van der Waals surface area contributed by atoms with Gasteiger partial charge in [0.2, 0.25) is 0 Å². The van der Waals surface area contributed by atoms with Crippen molar-refractivity contribution in [1.82, 2.24) is 10.5 Å². The molecule has 0 aromatic carbocycles. The summed E-state index contributed by atoms with van der Waals surface area (Å²) in [6, 6.07) is 0. The monoisotopic (exact) mass is 978 g/mol. The molecule has 0 aliphatic carbocycles. The second-order valence-electron chi connectivity index (χ2n) is 9.46. The van der Waals surface area contributed by atoms with E-state index in [-0.39, 0.29) is 183 Å². The summed E-state index contributed by atoms with van der Waals surface area (Å²) in [5.41, 5.74) is 0. The van der Waals surface area contributed by atoms with E-state index in [0.29, 0.717) is 10.5 Å². The summed E-state index contributed by atoms with van der Waals surface area (Å²) in [4.78, 5) is 110. The van der Waals surface area contributed by atoms with Gasteiger partial charge in [0.05, 0.1) is 42.9 Å². The molecule has 0 heterocycles. The average Bonchev–Trinajstić information content (AvgIpc) is 3.11. The summed E-state index contributed by atoms with van der Waals surface area (Å²) in [6.45, 7) is 13.0. The van der Waals surface area contributed by atoms with Gasteiger partial charge in [-0.05, 0) is 65.0 Å². The van der Waals surface area contributed by atoms with Crippen LogP contribution in [0.2, 0.25) is 0 Å². The standard InChI is InChI=1S/C10H16N2O8.5C6H8O2.K.4Na/c1-7(13)17-11(18-8(2)14)5-6-12(19-9(3)15)20-10(4)16;5*1-2-3-4-5-6(7)8;;;;;/h5-6H2,1-4H3;5*2-5H,1H3,(H,7,8);;;;;/q;;;;;;5*+1/p-5/b;5*3-2+,5-4+;;;;;. The maximum Gasteiger partial charge on any atom is 1.00 e. The molecule has 0 unspecified atom stereocenters. The number of aliphatic carboxylic acids is 5. The summed E-state index contributed by atoms with van der Waals surface area (Å²) in [6.07, 6.45) is 28.7. The Morgan fingerprint density at radius 2 is 0.477 bits per heavy atom. The molecule has 0 saturated heterocycles. The minimum Gasteiger partial charge on any atom is -0.545 e. The summed E-state index contributed by atoms with van der Waals surface area (Å²) in [5, 5.41) is 49.4. The summed E-state index contributed by atoms with van der Waals surface area (Å²) >= 11 is 0. The number of carboxylic acid groups (broad SMARTS) is 5. The van der Waals surface area contributed by atoms with E-state index in [1.807, 2.05) is 0 Å². The topological polar surface area (TPSA) is 312 Å². The van der Waals surface area contributed by atoms with Crippen molar-refractivity contribution in [1.29, 1.82) is 0 Å². The van der Waals surface area contributed by atoms with Crippen molar-refractivity contribution >= 4 is 53.7 Å². The van der Waals surface area contributed by atoms with Gasteiger partial charge in [-0.2, -0.15) is 0 Å². The van der Waals surface area contributed by atoms with Crippen molar-refractivity contribution in [3.63, 3.8) is 0 Å². The first-order valence-corrected chi connectivity index (χ1v) is 16.9. The van der Waals surface area contributed by atoms with Crippen molar-refractivity contribution < 1.29 is 258 Å². The molecule has 65 heavy (non-hydrogen) atoms. The van der Waals surface area contributed by atoms with Crippen LogP contribution in [0.15, 0.2) is 122 Å². The molecule has 0 amide bonds. The van der Waals surface area contributed by atoms with Crippen LogP contribution >= 0.6 is 0 Å². The van der Waals surface area contributed by atoms with Crippen LogP contribution < -0.4 is 195 Å². The van der Waals surface area contributed by atoms with Crippen molar-refractivity contribution in [2.75, 3.05) is 13.1 Å². The molecule has 0 N–H and O–H groups in total. The SMILES string of the molecule is C/C=C/C=C/C(=O)[O-].C/C=C/C=C/C(=O)[O-].C/C=C/C=C/C(=O)[O-].C/C=C/C=C/C(=O)[O-].C/C=C/C=C/C(=O)[O-].CC(=O)ON(CCN(OC(C)=O)OC(C)=O)OC(C)=O.[K+].[Na+].[Na+].[Na+].[Na+]. The van der Waals surface area contributed by atoms with Crippen molar-refractivity contribution in [3.8, 4) is 0 Å². The molecule has 25 heteroatoms. The smallest absolute Gasteiger partial charge is 0.545 e. The van der Waals surface area contributed by atoms with E-state index < -0.39 is 53.7 Å². The molecule has 0 saturated carbocycles. The molecule has 0 rings (SSSR count). The van der Waals surface area contributed by atoms with Gasteiger partial charge < -0.3 is 68.9 Å². The zero-order valence-corrected chi connectivity index (χ0v) is 50.8. The Bertz CT molecular complexity index is 1350. The predicted octanol–water partition coefficient (Wildman–Crippen LogP) is -16.1. The Hall–Kier alpha value is -1.81. The number of nitrogens with zero attached hydrogens (tertiary/aromatic N) is 2. The molecular formula is C40H51KN2Na4O18. The summed E-state index contributed by atoms with van der Waals surface area (Å²) < 4.78 is 0. The van der Waals surface area contributed by atoms with Crippen LogP contribution in [0, 0.1) is 0 Å². The van der Waals surface area contributed by atoms with Gasteiger partial charge in [0, 0.05) is 38.1 Å². The molecular weight excluding hydrogens is 927 g/mol. The maximum atomic E-state index is 10.8. The molecule has 0 aromatic heterocycles. The van der Waals surface area contributed by atoms with Gasteiger partial charge in [0.15, 0.2) is 0 Å². The Labute approximate surface area is 511 Å². The molecule has 334 valence electrons. The fourth-order valence-electron chi connectivity index (χ4n) is 2.18. The third-order valence-corrected chi connectivity index (χ3v) is 4.07. The quantitative estimate of drug-likeness (QED) is 0.0565. The second-order valence-corrected chi connectivity index (χ2v) is 9.46. The first-order valence-electron chi connectivity index (χ1n) is 16.9. The van der Waals surface area contributed by atoms with E-state index in [1.54, 1.807) is 95.4 Å². The minimum atomic E-state index is -1.16. The van der Waals surface area contributed by atoms with Crippen LogP contribution in [-0.2, 0) is 62.5 Å². The van der Waals surface area contributed by atoms with Crippen molar-refractivity contribution in [2.24, 2.45) is 0 Å². The van der Waals surface area contributed by atoms with Crippen LogP contribution in [0.4, 0.5) is 0 Å². The van der Waals surface area contributed by atoms with E-state index >= 15 is 0 Å². The third-order valence-electron chi connectivity index (χ3n) is 4.07. The Morgan fingerprint density at radius 3 is 0.569 bits per heavy atom. The largest absolute Gasteiger partial charge is 1.00 e. The fraction of sp³-hybridized carbons (Fsp3) is 0.275. The van der Waals surface area contributed by atoms with Crippen LogP contribution in [0.25, 0.3) is 0 Å². The molecule has 0 fully saturated rings. The summed E-state index contributed by atoms with van der Waals surface area (Å²) in [7, 11) is 0. The number of hydroxylamine groups is 4. The molecule has 0 bridgehead atoms. The van der Waals surface area contributed by atoms with E-state index in [0.717, 1.165) is 58.1 Å². The van der Waals surface area contributed by atoms with E-state index in [1.165, 1.54) is 30.4 Å². The van der Waals surface area contributed by atoms with Gasteiger partial charge in [-0.1, -0.05) is 91.1 Å². The maximum absolute atomic E-state index is 10.8. The van der Waals surface area contributed by atoms with Crippen molar-refractivity contribution in [2.45, 2.75) is 62.3 Å². The summed E-state index contributed by atoms with van der Waals surface area (Å²) in [5.74, 6) is -8.72. The van der Waals surface area contributed by atoms with Gasteiger partial charge in [-0.3, -0.25) is 19.2 Å². The predicted molar refractivity (Wildman–Crippen MR) is 205 cm³/mol. The van der Waals surface area contributed by atoms with Gasteiger partial charge in [-0.15, -0.1) is 0 Å². The van der Waals surface area contributed by atoms with Crippen LogP contribution in [0.5, 0.6) is 0 Å². The number of hydrogen-bond acceptors (Lipinski definition) is 20. The van der Waals surface area contributed by atoms with Gasteiger partial charge in [-0.25, -0.2) is 0 Å². The zero-order valence-electron chi connectivity index (χ0n) is 39.7. The van der Waals surface area contributed by atoms with Gasteiger partial charge in [0.1, 0.15) is 0 Å². The Balaban J connectivity index is -0.0000000622. The first kappa shape index (κ1) is 89.7. The Morgan fingerprint density at radius 1 is 0.338 bits per heavy atom. The first-order chi connectivity index (χ1) is 28.1. The zero-order chi connectivity index (χ0) is 47.7. The minimum absolute atomic E-state index is 0. The van der Waals surface area contributed by atoms with Crippen LogP contribution in [0.3, 0.4) is 0 Å². The third kappa shape index (κ3) is 115. The molecule has 0 aliphatic heterocycles. The van der Waals surface area contributed by atoms with Gasteiger partial charge in [0.25, 0.3) is 0 Å². The Kier molecular flexibility index (Phi) is 98.3. The number of carbonyl (C=O) groups is 9. The molecule has 0 atom stereocenters. The number of allylic oxidation sites excluding steroid dienone is 15. The van der Waals surface area contributed by atoms with E-state index in [2.05, 4.69) is 19.4 Å².